The zero-order valence-corrected chi connectivity index (χ0v) is 17.2. The number of aromatic amines is 2. The SMILES string of the molecule is Cc1ccc2nc(Sc3nc4c(c(=O)[nH]c(=O)n4C)n3Cc3ccccc3)[nH]c2c1. The molecule has 30 heavy (non-hydrogen) atoms. The van der Waals surface area contributed by atoms with Gasteiger partial charge in [-0.15, -0.1) is 0 Å². The molecule has 0 spiro atoms. The molecule has 9 heteroatoms. The molecule has 3 heterocycles. The van der Waals surface area contributed by atoms with Crippen molar-refractivity contribution >= 4 is 34.0 Å². The summed E-state index contributed by atoms with van der Waals surface area (Å²) in [6, 6.07) is 15.8. The minimum Gasteiger partial charge on any atom is -0.333 e. The molecule has 0 saturated carbocycles. The van der Waals surface area contributed by atoms with Gasteiger partial charge < -0.3 is 9.55 Å². The first-order chi connectivity index (χ1) is 14.5. The zero-order valence-electron chi connectivity index (χ0n) is 16.3. The van der Waals surface area contributed by atoms with Crippen LogP contribution < -0.4 is 11.2 Å². The lowest BCUT2D eigenvalue weighted by atomic mass is 10.2. The van der Waals surface area contributed by atoms with Crippen molar-refractivity contribution in [2.75, 3.05) is 0 Å². The van der Waals surface area contributed by atoms with E-state index in [1.54, 1.807) is 7.05 Å². The van der Waals surface area contributed by atoms with Crippen LogP contribution in [0.3, 0.4) is 0 Å². The second kappa shape index (κ2) is 7.03. The Bertz CT molecular complexity index is 1510. The number of benzene rings is 2. The summed E-state index contributed by atoms with van der Waals surface area (Å²) < 4.78 is 3.18. The fourth-order valence-corrected chi connectivity index (χ4v) is 4.32. The highest BCUT2D eigenvalue weighted by Crippen LogP contribution is 2.29. The van der Waals surface area contributed by atoms with Crippen LogP contribution >= 0.6 is 11.8 Å². The lowest BCUT2D eigenvalue weighted by Crippen LogP contribution is -2.29. The molecule has 2 N–H and O–H groups in total. The van der Waals surface area contributed by atoms with Crippen molar-refractivity contribution in [2.45, 2.75) is 23.8 Å². The maximum atomic E-state index is 12.6. The van der Waals surface area contributed by atoms with Crippen LogP contribution in [-0.4, -0.2) is 29.1 Å². The minimum atomic E-state index is -0.493. The number of nitrogens with zero attached hydrogens (tertiary/aromatic N) is 4. The zero-order chi connectivity index (χ0) is 20.8. The Hall–Kier alpha value is -3.59. The van der Waals surface area contributed by atoms with Crippen molar-refractivity contribution in [1.82, 2.24) is 29.1 Å². The van der Waals surface area contributed by atoms with Crippen molar-refractivity contribution in [3.05, 3.63) is 80.5 Å². The normalized spacial score (nSPS) is 11.5. The quantitative estimate of drug-likeness (QED) is 0.467. The van der Waals surface area contributed by atoms with E-state index >= 15 is 0 Å². The number of rotatable bonds is 4. The molecule has 0 bridgehead atoms. The number of imidazole rings is 2. The van der Waals surface area contributed by atoms with E-state index in [1.807, 2.05) is 60.0 Å². The Kier molecular flexibility index (Phi) is 4.32. The second-order valence-corrected chi connectivity index (χ2v) is 8.08. The van der Waals surface area contributed by atoms with Crippen LogP contribution in [-0.2, 0) is 13.6 Å². The van der Waals surface area contributed by atoms with Crippen LogP contribution in [0.25, 0.3) is 22.2 Å². The van der Waals surface area contributed by atoms with Crippen molar-refractivity contribution in [2.24, 2.45) is 7.05 Å². The van der Waals surface area contributed by atoms with E-state index < -0.39 is 11.2 Å². The van der Waals surface area contributed by atoms with E-state index in [0.717, 1.165) is 22.2 Å². The molecule has 0 saturated heterocycles. The highest BCUT2D eigenvalue weighted by molar-refractivity contribution is 7.99. The molecule has 0 fully saturated rings. The van der Waals surface area contributed by atoms with Gasteiger partial charge in [0.25, 0.3) is 5.56 Å². The van der Waals surface area contributed by atoms with Gasteiger partial charge in [-0.25, -0.2) is 14.8 Å². The van der Waals surface area contributed by atoms with E-state index in [9.17, 15) is 9.59 Å². The van der Waals surface area contributed by atoms with Gasteiger partial charge in [0.1, 0.15) is 0 Å². The predicted octanol–water partition coefficient (Wildman–Crippen LogP) is 2.81. The van der Waals surface area contributed by atoms with Crippen LogP contribution in [0, 0.1) is 6.92 Å². The van der Waals surface area contributed by atoms with Crippen LogP contribution in [0.5, 0.6) is 0 Å². The number of aryl methyl sites for hydroxylation is 2. The Morgan fingerprint density at radius 3 is 2.63 bits per heavy atom. The van der Waals surface area contributed by atoms with Gasteiger partial charge in [-0.05, 0) is 41.9 Å². The van der Waals surface area contributed by atoms with E-state index in [2.05, 4.69) is 19.9 Å². The smallest absolute Gasteiger partial charge is 0.329 e. The Morgan fingerprint density at radius 2 is 1.83 bits per heavy atom. The van der Waals surface area contributed by atoms with Crippen molar-refractivity contribution < 1.29 is 0 Å². The van der Waals surface area contributed by atoms with E-state index in [-0.39, 0.29) is 0 Å². The molecule has 0 aliphatic heterocycles. The standard InChI is InChI=1S/C21H18N6O2S/c1-12-8-9-14-15(10-12)23-19(22-14)30-21-24-17-16(18(28)25-20(29)26(17)2)27(21)11-13-6-4-3-5-7-13/h3-10H,11H2,1-2H3,(H,22,23)(H,25,28,29). The maximum Gasteiger partial charge on any atom is 0.329 e. The summed E-state index contributed by atoms with van der Waals surface area (Å²) in [5.74, 6) is 0. The average molecular weight is 418 g/mol. The predicted molar refractivity (Wildman–Crippen MR) is 116 cm³/mol. The number of nitrogens with one attached hydrogen (secondary N) is 2. The first kappa shape index (κ1) is 18.4. The fourth-order valence-electron chi connectivity index (χ4n) is 3.44. The van der Waals surface area contributed by atoms with Gasteiger partial charge in [0.05, 0.1) is 17.6 Å². The van der Waals surface area contributed by atoms with Gasteiger partial charge in [0.2, 0.25) is 0 Å². The third kappa shape index (κ3) is 3.13. The molecule has 5 aromatic rings. The number of aromatic nitrogens is 6. The molecule has 0 radical (unpaired) electrons. The largest absolute Gasteiger partial charge is 0.333 e. The van der Waals surface area contributed by atoms with Gasteiger partial charge in [0, 0.05) is 7.05 Å². The molecule has 3 aromatic heterocycles. The molecule has 5 rings (SSSR count). The molecular weight excluding hydrogens is 400 g/mol. The molecule has 8 nitrogen and oxygen atoms in total. The van der Waals surface area contributed by atoms with Gasteiger partial charge in [-0.1, -0.05) is 36.4 Å². The number of fused-ring (bicyclic) bond motifs is 2. The molecule has 0 atom stereocenters. The van der Waals surface area contributed by atoms with Gasteiger partial charge in [0.15, 0.2) is 21.5 Å². The topological polar surface area (TPSA) is 101 Å². The van der Waals surface area contributed by atoms with Crippen molar-refractivity contribution in [3.63, 3.8) is 0 Å². The van der Waals surface area contributed by atoms with Crippen molar-refractivity contribution in [3.8, 4) is 0 Å². The molecule has 150 valence electrons. The van der Waals surface area contributed by atoms with Gasteiger partial charge >= 0.3 is 5.69 Å². The summed E-state index contributed by atoms with van der Waals surface area (Å²) in [5.41, 5.74) is 3.71. The summed E-state index contributed by atoms with van der Waals surface area (Å²) in [5, 5.41) is 1.25. The van der Waals surface area contributed by atoms with E-state index in [0.29, 0.717) is 28.0 Å². The Labute approximate surface area is 174 Å². The van der Waals surface area contributed by atoms with Crippen LogP contribution in [0.2, 0.25) is 0 Å². The molecule has 0 unspecified atom stereocenters. The van der Waals surface area contributed by atoms with Gasteiger partial charge in [-0.2, -0.15) is 0 Å². The second-order valence-electron chi connectivity index (χ2n) is 7.12. The monoisotopic (exact) mass is 418 g/mol. The maximum absolute atomic E-state index is 12.6. The third-order valence-electron chi connectivity index (χ3n) is 4.96. The summed E-state index contributed by atoms with van der Waals surface area (Å²) in [6.07, 6.45) is 0. The summed E-state index contributed by atoms with van der Waals surface area (Å²) >= 11 is 1.33. The lowest BCUT2D eigenvalue weighted by molar-refractivity contribution is 0.726. The number of hydrogen-bond acceptors (Lipinski definition) is 5. The Balaban J connectivity index is 1.68. The summed E-state index contributed by atoms with van der Waals surface area (Å²) in [6.45, 7) is 2.47. The number of hydrogen-bond donors (Lipinski definition) is 2. The average Bonchev–Trinajstić information content (AvgIpc) is 3.28. The summed E-state index contributed by atoms with van der Waals surface area (Å²) in [7, 11) is 1.60. The van der Waals surface area contributed by atoms with Crippen LogP contribution in [0.1, 0.15) is 11.1 Å². The fraction of sp³-hybridized carbons (Fsp3) is 0.143. The minimum absolute atomic E-state index is 0.342. The van der Waals surface area contributed by atoms with E-state index in [1.165, 1.54) is 16.3 Å². The lowest BCUT2D eigenvalue weighted by Gasteiger charge is -2.07. The first-order valence-electron chi connectivity index (χ1n) is 9.37. The van der Waals surface area contributed by atoms with E-state index in [4.69, 9.17) is 0 Å². The molecular formula is C21H18N6O2S. The molecule has 0 aliphatic carbocycles. The highest BCUT2D eigenvalue weighted by Gasteiger charge is 2.19. The highest BCUT2D eigenvalue weighted by atomic mass is 32.2. The van der Waals surface area contributed by atoms with Gasteiger partial charge in [-0.3, -0.25) is 14.3 Å². The molecule has 0 amide bonds. The van der Waals surface area contributed by atoms with Crippen molar-refractivity contribution in [1.29, 1.82) is 0 Å². The molecule has 0 aliphatic rings. The van der Waals surface area contributed by atoms with Crippen LogP contribution in [0.15, 0.2) is 68.4 Å². The third-order valence-corrected chi connectivity index (χ3v) is 5.84. The first-order valence-corrected chi connectivity index (χ1v) is 10.2. The van der Waals surface area contributed by atoms with Crippen LogP contribution in [0.4, 0.5) is 0 Å². The Morgan fingerprint density at radius 1 is 1.03 bits per heavy atom. The summed E-state index contributed by atoms with van der Waals surface area (Å²) in [4.78, 5) is 39.6. The number of H-pyrrole nitrogens is 2. The molecule has 2 aromatic carbocycles.